The van der Waals surface area contributed by atoms with Crippen LogP contribution in [-0.4, -0.2) is 48.2 Å². The molecule has 3 rings (SSSR count). The fourth-order valence-electron chi connectivity index (χ4n) is 4.01. The molecule has 1 N–H and O–H groups in total. The molecule has 0 aromatic heterocycles. The van der Waals surface area contributed by atoms with E-state index in [-0.39, 0.29) is 24.5 Å². The second-order valence-corrected chi connectivity index (χ2v) is 7.56. The van der Waals surface area contributed by atoms with Crippen molar-refractivity contribution in [1.29, 1.82) is 0 Å². The minimum absolute atomic E-state index is 0.0641. The van der Waals surface area contributed by atoms with Crippen LogP contribution < -0.4 is 10.1 Å². The Labute approximate surface area is 161 Å². The third-order valence-corrected chi connectivity index (χ3v) is 5.73. The number of nitrogens with one attached hydrogen (secondary N) is 1. The summed E-state index contributed by atoms with van der Waals surface area (Å²) >= 11 is 0. The van der Waals surface area contributed by atoms with Crippen molar-refractivity contribution in [3.63, 3.8) is 0 Å². The van der Waals surface area contributed by atoms with Crippen LogP contribution in [0.3, 0.4) is 0 Å². The van der Waals surface area contributed by atoms with Crippen LogP contribution in [-0.2, 0) is 9.53 Å². The molecule has 2 atom stereocenters. The monoisotopic (exact) mass is 374 g/mol. The van der Waals surface area contributed by atoms with Gasteiger partial charge in [-0.05, 0) is 57.2 Å². The van der Waals surface area contributed by atoms with Gasteiger partial charge in [-0.2, -0.15) is 0 Å². The summed E-state index contributed by atoms with van der Waals surface area (Å²) in [6, 6.07) is 6.56. The van der Waals surface area contributed by atoms with Crippen LogP contribution in [0.1, 0.15) is 62.7 Å². The summed E-state index contributed by atoms with van der Waals surface area (Å²) in [6.45, 7) is 4.24. The summed E-state index contributed by atoms with van der Waals surface area (Å²) < 4.78 is 11.4. The number of benzene rings is 1. The smallest absolute Gasteiger partial charge is 0.257 e. The van der Waals surface area contributed by atoms with Crippen LogP contribution in [0.25, 0.3) is 0 Å². The molecule has 1 aromatic carbocycles. The summed E-state index contributed by atoms with van der Waals surface area (Å²) in [6.07, 6.45) is 5.53. The predicted molar refractivity (Wildman–Crippen MR) is 103 cm³/mol. The first-order valence-corrected chi connectivity index (χ1v) is 9.93. The summed E-state index contributed by atoms with van der Waals surface area (Å²) in [5.74, 6) is 0.319. The lowest BCUT2D eigenvalue weighted by molar-refractivity contribution is -0.127. The molecule has 1 aliphatic carbocycles. The summed E-state index contributed by atoms with van der Waals surface area (Å²) in [7, 11) is 1.58. The van der Waals surface area contributed by atoms with Gasteiger partial charge in [0.1, 0.15) is 17.5 Å². The number of ether oxygens (including phenoxy) is 2. The van der Waals surface area contributed by atoms with E-state index in [4.69, 9.17) is 9.47 Å². The molecule has 1 saturated heterocycles. The SMILES string of the molecule is CC[C@@H](C)NC(=O)[C@@H]1COC2(CCCCC2)N1C(=O)c1cccc(OC)c1. The largest absolute Gasteiger partial charge is 0.497 e. The summed E-state index contributed by atoms with van der Waals surface area (Å²) in [5, 5.41) is 3.01. The molecule has 1 saturated carbocycles. The molecular weight excluding hydrogens is 344 g/mol. The lowest BCUT2D eigenvalue weighted by Gasteiger charge is -2.41. The van der Waals surface area contributed by atoms with Crippen molar-refractivity contribution in [2.24, 2.45) is 0 Å². The molecule has 1 heterocycles. The molecule has 1 spiro atoms. The van der Waals surface area contributed by atoms with Crippen molar-refractivity contribution in [1.82, 2.24) is 10.2 Å². The number of carbonyl (C=O) groups is 2. The maximum Gasteiger partial charge on any atom is 0.257 e. The van der Waals surface area contributed by atoms with Crippen molar-refractivity contribution >= 4 is 11.8 Å². The van der Waals surface area contributed by atoms with Gasteiger partial charge in [-0.3, -0.25) is 14.5 Å². The van der Waals surface area contributed by atoms with E-state index in [9.17, 15) is 9.59 Å². The second-order valence-electron chi connectivity index (χ2n) is 7.56. The van der Waals surface area contributed by atoms with Gasteiger partial charge >= 0.3 is 0 Å². The average molecular weight is 374 g/mol. The van der Waals surface area contributed by atoms with Crippen LogP contribution in [0, 0.1) is 0 Å². The van der Waals surface area contributed by atoms with Crippen molar-refractivity contribution in [3.8, 4) is 5.75 Å². The van der Waals surface area contributed by atoms with Crippen LogP contribution in [0.4, 0.5) is 0 Å². The Hall–Kier alpha value is -2.08. The number of rotatable bonds is 5. The van der Waals surface area contributed by atoms with Crippen molar-refractivity contribution in [2.75, 3.05) is 13.7 Å². The second kappa shape index (κ2) is 8.30. The van der Waals surface area contributed by atoms with Gasteiger partial charge in [-0.1, -0.05) is 19.4 Å². The number of hydrogen-bond acceptors (Lipinski definition) is 4. The normalized spacial score (nSPS) is 22.5. The number of amides is 2. The average Bonchev–Trinajstić information content (AvgIpc) is 3.06. The van der Waals surface area contributed by atoms with Crippen molar-refractivity contribution in [2.45, 2.75) is 70.2 Å². The minimum Gasteiger partial charge on any atom is -0.497 e. The van der Waals surface area contributed by atoms with E-state index >= 15 is 0 Å². The maximum atomic E-state index is 13.5. The van der Waals surface area contributed by atoms with E-state index in [1.165, 1.54) is 0 Å². The lowest BCUT2D eigenvalue weighted by atomic mass is 9.89. The Morgan fingerprint density at radius 1 is 1.33 bits per heavy atom. The molecule has 6 heteroatoms. The van der Waals surface area contributed by atoms with E-state index < -0.39 is 11.8 Å². The number of nitrogens with zero attached hydrogens (tertiary/aromatic N) is 1. The predicted octanol–water partition coefficient (Wildman–Crippen LogP) is 3.11. The number of hydrogen-bond donors (Lipinski definition) is 1. The van der Waals surface area contributed by atoms with Gasteiger partial charge in [0.05, 0.1) is 13.7 Å². The molecule has 148 valence electrons. The number of carbonyl (C=O) groups excluding carboxylic acids is 2. The molecule has 2 amide bonds. The zero-order valence-corrected chi connectivity index (χ0v) is 16.5. The number of methoxy groups -OCH3 is 1. The highest BCUT2D eigenvalue weighted by atomic mass is 16.5. The third kappa shape index (κ3) is 3.95. The zero-order chi connectivity index (χ0) is 19.4. The van der Waals surface area contributed by atoms with Gasteiger partial charge in [-0.25, -0.2) is 0 Å². The Morgan fingerprint density at radius 2 is 2.07 bits per heavy atom. The molecule has 1 aromatic rings. The molecule has 2 aliphatic rings. The van der Waals surface area contributed by atoms with Gasteiger partial charge in [-0.15, -0.1) is 0 Å². The van der Waals surface area contributed by atoms with E-state index in [1.54, 1.807) is 36.3 Å². The van der Waals surface area contributed by atoms with Crippen molar-refractivity contribution in [3.05, 3.63) is 29.8 Å². The molecule has 0 bridgehead atoms. The highest BCUT2D eigenvalue weighted by Gasteiger charge is 2.53. The fourth-order valence-corrected chi connectivity index (χ4v) is 4.01. The minimum atomic E-state index is -0.671. The van der Waals surface area contributed by atoms with Crippen LogP contribution in [0.2, 0.25) is 0 Å². The summed E-state index contributed by atoms with van der Waals surface area (Å²) in [5.41, 5.74) is -0.151. The molecule has 1 aliphatic heterocycles. The fraction of sp³-hybridized carbons (Fsp3) is 0.619. The molecular formula is C21H30N2O4. The van der Waals surface area contributed by atoms with Crippen LogP contribution in [0.15, 0.2) is 24.3 Å². The zero-order valence-electron chi connectivity index (χ0n) is 16.5. The summed E-state index contributed by atoms with van der Waals surface area (Å²) in [4.78, 5) is 28.1. The van der Waals surface area contributed by atoms with Gasteiger partial charge in [0.15, 0.2) is 0 Å². The van der Waals surface area contributed by atoms with E-state index in [2.05, 4.69) is 5.32 Å². The quantitative estimate of drug-likeness (QED) is 0.860. The van der Waals surface area contributed by atoms with Gasteiger partial charge < -0.3 is 14.8 Å². The van der Waals surface area contributed by atoms with Crippen molar-refractivity contribution < 1.29 is 19.1 Å². The van der Waals surface area contributed by atoms with E-state index in [1.807, 2.05) is 13.8 Å². The Balaban J connectivity index is 1.92. The van der Waals surface area contributed by atoms with E-state index in [0.717, 1.165) is 38.5 Å². The highest BCUT2D eigenvalue weighted by Crippen LogP contribution is 2.41. The van der Waals surface area contributed by atoms with E-state index in [0.29, 0.717) is 11.3 Å². The first kappa shape index (κ1) is 19.7. The third-order valence-electron chi connectivity index (χ3n) is 5.73. The van der Waals surface area contributed by atoms with Crippen LogP contribution in [0.5, 0.6) is 5.75 Å². The first-order chi connectivity index (χ1) is 13.0. The molecule has 6 nitrogen and oxygen atoms in total. The molecule has 0 unspecified atom stereocenters. The maximum absolute atomic E-state index is 13.5. The van der Waals surface area contributed by atoms with Crippen LogP contribution >= 0.6 is 0 Å². The van der Waals surface area contributed by atoms with Gasteiger partial charge in [0.2, 0.25) is 5.91 Å². The molecule has 0 radical (unpaired) electrons. The van der Waals surface area contributed by atoms with Gasteiger partial charge in [0, 0.05) is 11.6 Å². The highest BCUT2D eigenvalue weighted by molar-refractivity contribution is 5.98. The molecule has 2 fully saturated rings. The first-order valence-electron chi connectivity index (χ1n) is 9.93. The Bertz CT molecular complexity index is 685. The molecule has 27 heavy (non-hydrogen) atoms. The Kier molecular flexibility index (Phi) is 6.05. The van der Waals surface area contributed by atoms with Gasteiger partial charge in [0.25, 0.3) is 5.91 Å². The standard InChI is InChI=1S/C21H30N2O4/c1-4-15(2)22-19(24)18-14-27-21(11-6-5-7-12-21)23(18)20(25)16-9-8-10-17(13-16)26-3/h8-10,13,15,18H,4-7,11-12,14H2,1-3H3,(H,22,24)/t15-,18+/m1/s1. The topological polar surface area (TPSA) is 67.9 Å². The lowest BCUT2D eigenvalue weighted by Crippen LogP contribution is -2.57. The Morgan fingerprint density at radius 3 is 2.74 bits per heavy atom.